The fourth-order valence-electron chi connectivity index (χ4n) is 1.63. The molecule has 0 saturated heterocycles. The average molecular weight is 280 g/mol. The summed E-state index contributed by atoms with van der Waals surface area (Å²) in [5, 5.41) is 4.34. The van der Waals surface area contributed by atoms with Gasteiger partial charge in [-0.2, -0.15) is 5.10 Å². The zero-order chi connectivity index (χ0) is 11.5. The molecule has 2 rings (SSSR count). The lowest BCUT2D eigenvalue weighted by atomic mass is 10.2. The number of hydrogen-bond acceptors (Lipinski definition) is 2. The summed E-state index contributed by atoms with van der Waals surface area (Å²) in [6, 6.07) is 8.17. The molecular formula is C12H14BrN3. The maximum atomic E-state index is 5.62. The van der Waals surface area contributed by atoms with Gasteiger partial charge in [-0.25, -0.2) is 0 Å². The maximum Gasteiger partial charge on any atom is 0.0673 e. The highest BCUT2D eigenvalue weighted by molar-refractivity contribution is 9.10. The number of halogens is 1. The minimum Gasteiger partial charge on any atom is -0.326 e. The summed E-state index contributed by atoms with van der Waals surface area (Å²) in [5.41, 5.74) is 9.09. The maximum absolute atomic E-state index is 5.62. The first-order valence-electron chi connectivity index (χ1n) is 5.17. The lowest BCUT2D eigenvalue weighted by molar-refractivity contribution is 0.662. The largest absolute Gasteiger partial charge is 0.326 e. The molecule has 0 aliphatic carbocycles. The van der Waals surface area contributed by atoms with Crippen molar-refractivity contribution in [2.75, 3.05) is 0 Å². The molecule has 3 nitrogen and oxygen atoms in total. The van der Waals surface area contributed by atoms with Crippen LogP contribution in [0.25, 0.3) is 0 Å². The Morgan fingerprint density at radius 1 is 1.31 bits per heavy atom. The van der Waals surface area contributed by atoms with Gasteiger partial charge in [0.2, 0.25) is 0 Å². The molecule has 0 aliphatic heterocycles. The normalized spacial score (nSPS) is 10.7. The van der Waals surface area contributed by atoms with Crippen molar-refractivity contribution in [1.82, 2.24) is 9.78 Å². The minimum absolute atomic E-state index is 0.543. The number of aromatic nitrogens is 2. The van der Waals surface area contributed by atoms with E-state index in [0.717, 1.165) is 22.3 Å². The van der Waals surface area contributed by atoms with Crippen LogP contribution in [-0.4, -0.2) is 9.78 Å². The van der Waals surface area contributed by atoms with E-state index in [0.29, 0.717) is 6.54 Å². The van der Waals surface area contributed by atoms with Crippen molar-refractivity contribution in [3.8, 4) is 0 Å². The van der Waals surface area contributed by atoms with Crippen LogP contribution in [0.5, 0.6) is 0 Å². The first-order valence-corrected chi connectivity index (χ1v) is 5.96. The topological polar surface area (TPSA) is 43.8 Å². The van der Waals surface area contributed by atoms with E-state index in [4.69, 9.17) is 5.73 Å². The Bertz CT molecular complexity index is 491. The van der Waals surface area contributed by atoms with Crippen LogP contribution in [0.2, 0.25) is 0 Å². The summed E-state index contributed by atoms with van der Waals surface area (Å²) in [6.07, 6.45) is 1.84. The Kier molecular flexibility index (Phi) is 3.41. The SMILES string of the molecule is Cc1c(CN)cnn1Cc1ccccc1Br. The van der Waals surface area contributed by atoms with E-state index < -0.39 is 0 Å². The number of benzene rings is 1. The van der Waals surface area contributed by atoms with Gasteiger partial charge in [0.15, 0.2) is 0 Å². The van der Waals surface area contributed by atoms with Crippen LogP contribution in [-0.2, 0) is 13.1 Å². The lowest BCUT2D eigenvalue weighted by Gasteiger charge is -2.07. The first kappa shape index (κ1) is 11.4. The molecule has 0 saturated carbocycles. The minimum atomic E-state index is 0.543. The summed E-state index contributed by atoms with van der Waals surface area (Å²) in [4.78, 5) is 0. The molecule has 16 heavy (non-hydrogen) atoms. The van der Waals surface area contributed by atoms with E-state index >= 15 is 0 Å². The van der Waals surface area contributed by atoms with E-state index in [-0.39, 0.29) is 0 Å². The van der Waals surface area contributed by atoms with Crippen molar-refractivity contribution in [3.05, 3.63) is 51.8 Å². The zero-order valence-electron chi connectivity index (χ0n) is 9.15. The van der Waals surface area contributed by atoms with Gasteiger partial charge in [-0.15, -0.1) is 0 Å². The Labute approximate surface area is 103 Å². The smallest absolute Gasteiger partial charge is 0.0673 e. The summed E-state index contributed by atoms with van der Waals surface area (Å²) >= 11 is 3.54. The van der Waals surface area contributed by atoms with Crippen molar-refractivity contribution < 1.29 is 0 Å². The molecule has 0 bridgehead atoms. The molecule has 84 valence electrons. The van der Waals surface area contributed by atoms with Gasteiger partial charge in [-0.05, 0) is 18.6 Å². The molecule has 1 heterocycles. The molecule has 1 aromatic heterocycles. The van der Waals surface area contributed by atoms with Crippen LogP contribution in [0.4, 0.5) is 0 Å². The predicted molar refractivity (Wildman–Crippen MR) is 68.1 cm³/mol. The Balaban J connectivity index is 2.27. The third kappa shape index (κ3) is 2.18. The monoisotopic (exact) mass is 279 g/mol. The molecular weight excluding hydrogens is 266 g/mol. The van der Waals surface area contributed by atoms with Crippen LogP contribution >= 0.6 is 15.9 Å². The molecule has 0 amide bonds. The van der Waals surface area contributed by atoms with Gasteiger partial charge in [-0.3, -0.25) is 4.68 Å². The first-order chi connectivity index (χ1) is 7.72. The molecule has 1 aromatic carbocycles. The molecule has 0 atom stereocenters. The highest BCUT2D eigenvalue weighted by atomic mass is 79.9. The Morgan fingerprint density at radius 3 is 2.69 bits per heavy atom. The lowest BCUT2D eigenvalue weighted by Crippen LogP contribution is -2.05. The molecule has 2 aromatic rings. The Morgan fingerprint density at radius 2 is 2.06 bits per heavy atom. The van der Waals surface area contributed by atoms with Gasteiger partial charge in [-0.1, -0.05) is 34.1 Å². The van der Waals surface area contributed by atoms with Crippen molar-refractivity contribution in [3.63, 3.8) is 0 Å². The van der Waals surface area contributed by atoms with E-state index in [1.54, 1.807) is 0 Å². The molecule has 0 unspecified atom stereocenters. The number of hydrogen-bond donors (Lipinski definition) is 1. The van der Waals surface area contributed by atoms with Crippen LogP contribution < -0.4 is 5.73 Å². The van der Waals surface area contributed by atoms with Crippen molar-refractivity contribution >= 4 is 15.9 Å². The van der Waals surface area contributed by atoms with Crippen LogP contribution in [0.15, 0.2) is 34.9 Å². The molecule has 0 spiro atoms. The molecule has 0 aliphatic rings. The summed E-state index contributed by atoms with van der Waals surface area (Å²) < 4.78 is 3.08. The van der Waals surface area contributed by atoms with Crippen LogP contribution in [0, 0.1) is 6.92 Å². The van der Waals surface area contributed by atoms with Crippen LogP contribution in [0.1, 0.15) is 16.8 Å². The van der Waals surface area contributed by atoms with Gasteiger partial charge in [0.05, 0.1) is 12.7 Å². The zero-order valence-corrected chi connectivity index (χ0v) is 10.7. The fraction of sp³-hybridized carbons (Fsp3) is 0.250. The van der Waals surface area contributed by atoms with E-state index in [9.17, 15) is 0 Å². The second kappa shape index (κ2) is 4.80. The summed E-state index contributed by atoms with van der Waals surface area (Å²) in [6.45, 7) is 3.36. The van der Waals surface area contributed by atoms with Crippen LogP contribution in [0.3, 0.4) is 0 Å². The Hall–Kier alpha value is -1.13. The number of rotatable bonds is 3. The second-order valence-corrected chi connectivity index (χ2v) is 4.56. The number of nitrogens with two attached hydrogens (primary N) is 1. The molecule has 4 heteroatoms. The molecule has 0 fully saturated rings. The summed E-state index contributed by atoms with van der Waals surface area (Å²) in [5.74, 6) is 0. The van der Waals surface area contributed by atoms with Gasteiger partial charge < -0.3 is 5.73 Å². The number of nitrogens with zero attached hydrogens (tertiary/aromatic N) is 2. The highest BCUT2D eigenvalue weighted by Crippen LogP contribution is 2.18. The third-order valence-corrected chi connectivity index (χ3v) is 3.48. The summed E-state index contributed by atoms with van der Waals surface area (Å²) in [7, 11) is 0. The van der Waals surface area contributed by atoms with Gasteiger partial charge in [0.25, 0.3) is 0 Å². The van der Waals surface area contributed by atoms with Crippen molar-refractivity contribution in [1.29, 1.82) is 0 Å². The van der Waals surface area contributed by atoms with Gasteiger partial charge >= 0.3 is 0 Å². The second-order valence-electron chi connectivity index (χ2n) is 3.71. The highest BCUT2D eigenvalue weighted by Gasteiger charge is 2.06. The van der Waals surface area contributed by atoms with Crippen molar-refractivity contribution in [2.24, 2.45) is 5.73 Å². The van der Waals surface area contributed by atoms with Gasteiger partial charge in [0, 0.05) is 22.3 Å². The fourth-order valence-corrected chi connectivity index (χ4v) is 2.04. The van der Waals surface area contributed by atoms with E-state index in [2.05, 4.69) is 27.1 Å². The average Bonchev–Trinajstić information content (AvgIpc) is 2.63. The van der Waals surface area contributed by atoms with Gasteiger partial charge in [0.1, 0.15) is 0 Å². The third-order valence-electron chi connectivity index (χ3n) is 2.70. The van der Waals surface area contributed by atoms with E-state index in [1.165, 1.54) is 5.56 Å². The van der Waals surface area contributed by atoms with Crippen molar-refractivity contribution in [2.45, 2.75) is 20.0 Å². The van der Waals surface area contributed by atoms with E-state index in [1.807, 2.05) is 36.0 Å². The molecule has 2 N–H and O–H groups in total. The predicted octanol–water partition coefficient (Wildman–Crippen LogP) is 2.46. The quantitative estimate of drug-likeness (QED) is 0.938. The standard InChI is InChI=1S/C12H14BrN3/c1-9-11(6-14)7-15-16(9)8-10-4-2-3-5-12(10)13/h2-5,7H,6,8,14H2,1H3. The molecule has 0 radical (unpaired) electrons.